The number of hydrogen-bond acceptors (Lipinski definition) is 3. The molecule has 0 amide bonds. The molecule has 2 N–H and O–H groups in total. The maximum atomic E-state index is 13.5. The van der Waals surface area contributed by atoms with Crippen LogP contribution in [-0.2, 0) is 10.0 Å². The van der Waals surface area contributed by atoms with E-state index in [0.717, 1.165) is 6.07 Å². The van der Waals surface area contributed by atoms with E-state index in [0.29, 0.717) is 0 Å². The standard InChI is InChI=1S/C12H18ClFN2O2S/c1-8(2)15-7-9(3)19(17,18)16-12-10(13)5-4-6-11(12)14/h4-6,8-9,15-16H,7H2,1-3H3. The zero-order valence-corrected chi connectivity index (χ0v) is 12.6. The number of rotatable bonds is 6. The Morgan fingerprint density at radius 1 is 1.32 bits per heavy atom. The van der Waals surface area contributed by atoms with Gasteiger partial charge in [0, 0.05) is 12.6 Å². The van der Waals surface area contributed by atoms with Crippen molar-refractivity contribution in [1.82, 2.24) is 5.32 Å². The Balaban J connectivity index is 2.85. The molecule has 0 radical (unpaired) electrons. The molecule has 1 rings (SSSR count). The Labute approximate surface area is 118 Å². The Morgan fingerprint density at radius 2 is 1.95 bits per heavy atom. The zero-order valence-electron chi connectivity index (χ0n) is 11.1. The van der Waals surface area contributed by atoms with Gasteiger partial charge in [0.1, 0.15) is 11.5 Å². The highest BCUT2D eigenvalue weighted by Crippen LogP contribution is 2.26. The van der Waals surface area contributed by atoms with E-state index in [2.05, 4.69) is 10.0 Å². The normalized spacial score (nSPS) is 13.6. The van der Waals surface area contributed by atoms with Crippen molar-refractivity contribution < 1.29 is 12.8 Å². The van der Waals surface area contributed by atoms with Gasteiger partial charge in [-0.3, -0.25) is 4.72 Å². The van der Waals surface area contributed by atoms with Gasteiger partial charge in [-0.2, -0.15) is 0 Å². The van der Waals surface area contributed by atoms with Gasteiger partial charge in [-0.25, -0.2) is 12.8 Å². The van der Waals surface area contributed by atoms with Crippen molar-refractivity contribution in [2.75, 3.05) is 11.3 Å². The van der Waals surface area contributed by atoms with Crippen molar-refractivity contribution in [2.45, 2.75) is 32.1 Å². The lowest BCUT2D eigenvalue weighted by molar-refractivity contribution is 0.553. The Morgan fingerprint density at radius 3 is 2.47 bits per heavy atom. The molecule has 1 atom stereocenters. The largest absolute Gasteiger partial charge is 0.313 e. The summed E-state index contributed by atoms with van der Waals surface area (Å²) in [5.74, 6) is -0.694. The molecule has 0 heterocycles. The quantitative estimate of drug-likeness (QED) is 0.849. The van der Waals surface area contributed by atoms with Crippen molar-refractivity contribution >= 4 is 27.3 Å². The molecule has 1 aromatic rings. The summed E-state index contributed by atoms with van der Waals surface area (Å²) in [4.78, 5) is 0. The molecule has 0 saturated carbocycles. The van der Waals surface area contributed by atoms with Crippen LogP contribution in [0.3, 0.4) is 0 Å². The first-order valence-electron chi connectivity index (χ1n) is 5.93. The SMILES string of the molecule is CC(C)NCC(C)S(=O)(=O)Nc1c(F)cccc1Cl. The van der Waals surface area contributed by atoms with Gasteiger partial charge < -0.3 is 5.32 Å². The van der Waals surface area contributed by atoms with Crippen LogP contribution in [0.1, 0.15) is 20.8 Å². The maximum absolute atomic E-state index is 13.5. The molecule has 0 bridgehead atoms. The number of hydrogen-bond donors (Lipinski definition) is 2. The highest BCUT2D eigenvalue weighted by molar-refractivity contribution is 7.93. The average molecular weight is 309 g/mol. The molecular weight excluding hydrogens is 291 g/mol. The first-order valence-corrected chi connectivity index (χ1v) is 7.85. The predicted octanol–water partition coefficient (Wildman–Crippen LogP) is 2.61. The Bertz CT molecular complexity index is 514. The Kier molecular flexibility index (Phi) is 5.58. The predicted molar refractivity (Wildman–Crippen MR) is 76.6 cm³/mol. The fourth-order valence-electron chi connectivity index (χ4n) is 1.35. The van der Waals surface area contributed by atoms with Gasteiger partial charge in [-0.1, -0.05) is 31.5 Å². The van der Waals surface area contributed by atoms with E-state index in [1.807, 2.05) is 13.8 Å². The third-order valence-electron chi connectivity index (χ3n) is 2.55. The van der Waals surface area contributed by atoms with Crippen molar-refractivity contribution in [3.05, 3.63) is 29.0 Å². The van der Waals surface area contributed by atoms with Crippen molar-refractivity contribution in [3.8, 4) is 0 Å². The number of para-hydroxylation sites is 1. The summed E-state index contributed by atoms with van der Waals surface area (Å²) in [6.07, 6.45) is 0. The van der Waals surface area contributed by atoms with Crippen LogP contribution in [0.2, 0.25) is 5.02 Å². The molecular formula is C12H18ClFN2O2S. The van der Waals surface area contributed by atoms with Crippen molar-refractivity contribution in [1.29, 1.82) is 0 Å². The van der Waals surface area contributed by atoms with Gasteiger partial charge in [0.25, 0.3) is 0 Å². The topological polar surface area (TPSA) is 58.2 Å². The molecule has 7 heteroatoms. The van der Waals surface area contributed by atoms with Gasteiger partial charge in [-0.05, 0) is 19.1 Å². The smallest absolute Gasteiger partial charge is 0.236 e. The molecule has 0 saturated heterocycles. The lowest BCUT2D eigenvalue weighted by Crippen LogP contribution is -2.37. The molecule has 0 aliphatic carbocycles. The lowest BCUT2D eigenvalue weighted by Gasteiger charge is -2.17. The molecule has 0 aromatic heterocycles. The van der Waals surface area contributed by atoms with Crippen LogP contribution in [0.4, 0.5) is 10.1 Å². The summed E-state index contributed by atoms with van der Waals surface area (Å²) in [5.41, 5.74) is -0.208. The third-order valence-corrected chi connectivity index (χ3v) is 4.58. The fourth-order valence-corrected chi connectivity index (χ4v) is 2.62. The minimum atomic E-state index is -3.69. The van der Waals surface area contributed by atoms with E-state index in [9.17, 15) is 12.8 Å². The van der Waals surface area contributed by atoms with Crippen LogP contribution in [0.5, 0.6) is 0 Å². The second kappa shape index (κ2) is 6.54. The van der Waals surface area contributed by atoms with E-state index in [-0.39, 0.29) is 23.3 Å². The Hall–Kier alpha value is -0.850. The molecule has 4 nitrogen and oxygen atoms in total. The second-order valence-electron chi connectivity index (χ2n) is 4.62. The van der Waals surface area contributed by atoms with E-state index in [1.165, 1.54) is 12.1 Å². The van der Waals surface area contributed by atoms with Crippen LogP contribution >= 0.6 is 11.6 Å². The van der Waals surface area contributed by atoms with Crippen LogP contribution in [0.25, 0.3) is 0 Å². The molecule has 1 aromatic carbocycles. The molecule has 108 valence electrons. The van der Waals surface area contributed by atoms with E-state index >= 15 is 0 Å². The van der Waals surface area contributed by atoms with Crippen LogP contribution < -0.4 is 10.0 Å². The number of benzene rings is 1. The summed E-state index contributed by atoms with van der Waals surface area (Å²) in [6, 6.07) is 4.18. The van der Waals surface area contributed by atoms with E-state index in [4.69, 9.17) is 11.6 Å². The van der Waals surface area contributed by atoms with E-state index in [1.54, 1.807) is 6.92 Å². The van der Waals surface area contributed by atoms with Gasteiger partial charge in [0.15, 0.2) is 0 Å². The molecule has 19 heavy (non-hydrogen) atoms. The maximum Gasteiger partial charge on any atom is 0.236 e. The molecule has 0 aliphatic rings. The van der Waals surface area contributed by atoms with Crippen LogP contribution in [0.15, 0.2) is 18.2 Å². The van der Waals surface area contributed by atoms with Gasteiger partial charge in [0.2, 0.25) is 10.0 Å². The highest BCUT2D eigenvalue weighted by atomic mass is 35.5. The molecule has 1 unspecified atom stereocenters. The summed E-state index contributed by atoms with van der Waals surface area (Å²) in [7, 11) is -3.69. The minimum Gasteiger partial charge on any atom is -0.313 e. The second-order valence-corrected chi connectivity index (χ2v) is 7.12. The molecule has 0 spiro atoms. The summed E-state index contributed by atoms with van der Waals surface area (Å²) in [5, 5.41) is 2.35. The van der Waals surface area contributed by atoms with Gasteiger partial charge in [0.05, 0.1) is 10.3 Å². The zero-order chi connectivity index (χ0) is 14.6. The first-order chi connectivity index (χ1) is 8.74. The highest BCUT2D eigenvalue weighted by Gasteiger charge is 2.23. The summed E-state index contributed by atoms with van der Waals surface area (Å²) >= 11 is 5.79. The van der Waals surface area contributed by atoms with Crippen molar-refractivity contribution in [2.24, 2.45) is 0 Å². The van der Waals surface area contributed by atoms with Crippen molar-refractivity contribution in [3.63, 3.8) is 0 Å². The van der Waals surface area contributed by atoms with Gasteiger partial charge in [-0.15, -0.1) is 0 Å². The molecule has 0 fully saturated rings. The summed E-state index contributed by atoms with van der Waals surface area (Å²) in [6.45, 7) is 5.66. The first kappa shape index (κ1) is 16.2. The van der Waals surface area contributed by atoms with E-state index < -0.39 is 21.1 Å². The number of sulfonamides is 1. The third kappa shape index (κ3) is 4.63. The van der Waals surface area contributed by atoms with Gasteiger partial charge >= 0.3 is 0 Å². The van der Waals surface area contributed by atoms with Crippen LogP contribution in [-0.4, -0.2) is 26.3 Å². The summed E-state index contributed by atoms with van der Waals surface area (Å²) < 4.78 is 39.8. The average Bonchev–Trinajstić information content (AvgIpc) is 2.31. The fraction of sp³-hybridized carbons (Fsp3) is 0.500. The monoisotopic (exact) mass is 308 g/mol. The molecule has 0 aliphatic heterocycles. The number of halogens is 2. The lowest BCUT2D eigenvalue weighted by atomic mass is 10.3. The minimum absolute atomic E-state index is 0.0348. The number of anilines is 1. The van der Waals surface area contributed by atoms with Crippen LogP contribution in [0, 0.1) is 5.82 Å². The number of nitrogens with one attached hydrogen (secondary N) is 2.